The highest BCUT2D eigenvalue weighted by Gasteiger charge is 2.39. The van der Waals surface area contributed by atoms with Gasteiger partial charge in [0.25, 0.3) is 5.56 Å². The van der Waals surface area contributed by atoms with Crippen LogP contribution in [0.3, 0.4) is 0 Å². The number of carbonyl (C=O) groups excluding carboxylic acids is 2. The Labute approximate surface area is 217 Å². The fourth-order valence-electron chi connectivity index (χ4n) is 5.13. The fraction of sp³-hybridized carbons (Fsp3) is 0.167. The number of para-hydroxylation sites is 1. The summed E-state index contributed by atoms with van der Waals surface area (Å²) >= 11 is 0. The number of benzene rings is 3. The number of esters is 1. The molecular formula is C30H23NO7. The zero-order chi connectivity index (χ0) is 26.6. The highest BCUT2D eigenvalue weighted by molar-refractivity contribution is 6.15. The van der Waals surface area contributed by atoms with E-state index in [1.54, 1.807) is 42.5 Å². The van der Waals surface area contributed by atoms with Crippen LogP contribution >= 0.6 is 0 Å². The Kier molecular flexibility index (Phi) is 5.52. The first-order valence-electron chi connectivity index (χ1n) is 12.0. The van der Waals surface area contributed by atoms with E-state index >= 15 is 0 Å². The molecule has 1 N–H and O–H groups in total. The number of allylic oxidation sites excluding steroid dienone is 1. The van der Waals surface area contributed by atoms with E-state index in [-0.39, 0.29) is 35.0 Å². The lowest BCUT2D eigenvalue weighted by Gasteiger charge is -2.26. The number of rotatable bonds is 4. The molecule has 0 amide bonds. The number of ether oxygens (including phenoxy) is 4. The van der Waals surface area contributed by atoms with E-state index in [9.17, 15) is 14.4 Å². The van der Waals surface area contributed by atoms with E-state index in [0.29, 0.717) is 39.3 Å². The zero-order valence-corrected chi connectivity index (χ0v) is 20.9. The van der Waals surface area contributed by atoms with E-state index in [1.165, 1.54) is 14.2 Å². The number of fused-ring (bicyclic) bond motifs is 4. The summed E-state index contributed by atoms with van der Waals surface area (Å²) in [6.07, 6.45) is 1.52. The molecule has 0 unspecified atom stereocenters. The maximum Gasteiger partial charge on any atom is 0.312 e. The monoisotopic (exact) mass is 509 g/mol. The number of ketones is 1. The molecule has 2 aliphatic heterocycles. The van der Waals surface area contributed by atoms with Crippen molar-refractivity contribution in [1.82, 2.24) is 4.98 Å². The number of nitrogens with one attached hydrogen (secondary N) is 1. The van der Waals surface area contributed by atoms with E-state index in [4.69, 9.17) is 18.9 Å². The van der Waals surface area contributed by atoms with Crippen molar-refractivity contribution in [3.8, 4) is 23.0 Å². The van der Waals surface area contributed by atoms with Crippen LogP contribution in [0.2, 0.25) is 0 Å². The lowest BCUT2D eigenvalue weighted by Crippen LogP contribution is -2.26. The van der Waals surface area contributed by atoms with E-state index in [2.05, 4.69) is 4.98 Å². The molecule has 190 valence electrons. The summed E-state index contributed by atoms with van der Waals surface area (Å²) in [5, 5.41) is 0.834. The van der Waals surface area contributed by atoms with Gasteiger partial charge in [-0.1, -0.05) is 24.3 Å². The summed E-state index contributed by atoms with van der Waals surface area (Å²) in [4.78, 5) is 42.1. The minimum absolute atomic E-state index is 0.0653. The van der Waals surface area contributed by atoms with Gasteiger partial charge in [0, 0.05) is 28.1 Å². The quantitative estimate of drug-likeness (QED) is 0.237. The van der Waals surface area contributed by atoms with Crippen LogP contribution < -0.4 is 24.5 Å². The van der Waals surface area contributed by atoms with Crippen molar-refractivity contribution >= 4 is 28.7 Å². The molecule has 2 aliphatic rings. The van der Waals surface area contributed by atoms with Crippen LogP contribution in [-0.2, 0) is 4.79 Å². The summed E-state index contributed by atoms with van der Waals surface area (Å²) in [6.45, 7) is 1.95. The third-order valence-corrected chi connectivity index (χ3v) is 6.91. The van der Waals surface area contributed by atoms with Gasteiger partial charge in [0.05, 0.1) is 26.2 Å². The van der Waals surface area contributed by atoms with Crippen molar-refractivity contribution in [2.24, 2.45) is 0 Å². The normalized spacial score (nSPS) is 17.1. The number of carbonyl (C=O) groups is 2. The molecule has 0 bridgehead atoms. The summed E-state index contributed by atoms with van der Waals surface area (Å²) in [5.74, 6) is 0.149. The molecule has 0 saturated heterocycles. The maximum atomic E-state index is 13.4. The number of aromatic amines is 1. The largest absolute Gasteiger partial charge is 0.493 e. The van der Waals surface area contributed by atoms with Crippen LogP contribution in [0, 0.1) is 6.92 Å². The van der Waals surface area contributed by atoms with Gasteiger partial charge in [-0.3, -0.25) is 14.4 Å². The second-order valence-electron chi connectivity index (χ2n) is 9.25. The standard InChI is InChI=1S/C30H23NO7/c1-15-7-8-16-12-20(30(34)31-21(16)11-15)19-14-25(32)37-22-10-9-18-27(33)24(38-29(18)26(19)22)13-17-5-4-6-23(35-2)28(17)36-3/h4-13,19H,14H2,1-3H3,(H,31,34)/b24-13-/t19-/m1/s1. The Bertz CT molecular complexity index is 1750. The first-order chi connectivity index (χ1) is 18.4. The number of aromatic nitrogens is 1. The second kappa shape index (κ2) is 8.92. The molecule has 8 nitrogen and oxygen atoms in total. The van der Waals surface area contributed by atoms with Crippen molar-refractivity contribution in [3.63, 3.8) is 0 Å². The van der Waals surface area contributed by atoms with Crippen molar-refractivity contribution < 1.29 is 28.5 Å². The molecule has 6 rings (SSSR count). The van der Waals surface area contributed by atoms with Crippen molar-refractivity contribution in [1.29, 1.82) is 0 Å². The summed E-state index contributed by atoms with van der Waals surface area (Å²) < 4.78 is 22.5. The van der Waals surface area contributed by atoms with Crippen LogP contribution in [0.4, 0.5) is 0 Å². The van der Waals surface area contributed by atoms with Gasteiger partial charge in [-0.2, -0.15) is 0 Å². The first kappa shape index (κ1) is 23.5. The third kappa shape index (κ3) is 3.73. The van der Waals surface area contributed by atoms with Gasteiger partial charge in [0.15, 0.2) is 17.3 Å². The van der Waals surface area contributed by atoms with Gasteiger partial charge >= 0.3 is 5.97 Å². The second-order valence-corrected chi connectivity index (χ2v) is 9.25. The number of hydrogen-bond donors (Lipinski definition) is 1. The van der Waals surface area contributed by atoms with Gasteiger partial charge in [0.1, 0.15) is 11.5 Å². The van der Waals surface area contributed by atoms with E-state index in [0.717, 1.165) is 10.9 Å². The summed E-state index contributed by atoms with van der Waals surface area (Å²) in [7, 11) is 3.05. The molecule has 0 fully saturated rings. The van der Waals surface area contributed by atoms with Crippen molar-refractivity contribution in [2.45, 2.75) is 19.3 Å². The smallest absolute Gasteiger partial charge is 0.312 e. The van der Waals surface area contributed by atoms with Crippen molar-refractivity contribution in [3.05, 3.63) is 98.5 Å². The van der Waals surface area contributed by atoms with Gasteiger partial charge in [-0.05, 0) is 54.3 Å². The molecule has 0 radical (unpaired) electrons. The first-order valence-corrected chi connectivity index (χ1v) is 12.0. The SMILES string of the molecule is COc1cccc(/C=C2\Oc3c(ccc4c3[C@@H](c3cc5ccc(C)cc5[nH]c3=O)CC(=O)O4)C2=O)c1OC. The molecule has 0 saturated carbocycles. The molecule has 3 heterocycles. The highest BCUT2D eigenvalue weighted by atomic mass is 16.5. The highest BCUT2D eigenvalue weighted by Crippen LogP contribution is 2.49. The number of H-pyrrole nitrogens is 1. The zero-order valence-electron chi connectivity index (χ0n) is 20.9. The number of methoxy groups -OCH3 is 2. The Morgan fingerprint density at radius 3 is 2.61 bits per heavy atom. The van der Waals surface area contributed by atoms with E-state index < -0.39 is 11.9 Å². The molecule has 3 aromatic carbocycles. The van der Waals surface area contributed by atoms with Gasteiger partial charge in [-0.15, -0.1) is 0 Å². The molecule has 38 heavy (non-hydrogen) atoms. The predicted molar refractivity (Wildman–Crippen MR) is 140 cm³/mol. The van der Waals surface area contributed by atoms with Crippen LogP contribution in [0.5, 0.6) is 23.0 Å². The number of hydrogen-bond acceptors (Lipinski definition) is 7. The Morgan fingerprint density at radius 1 is 0.974 bits per heavy atom. The topological polar surface area (TPSA) is 104 Å². The number of pyridine rings is 1. The molecule has 8 heteroatoms. The van der Waals surface area contributed by atoms with Crippen LogP contribution in [0.25, 0.3) is 17.0 Å². The minimum atomic E-state index is -0.658. The van der Waals surface area contributed by atoms with Crippen LogP contribution in [-0.4, -0.2) is 31.0 Å². The molecule has 0 spiro atoms. The lowest BCUT2D eigenvalue weighted by atomic mass is 9.84. The van der Waals surface area contributed by atoms with Crippen LogP contribution in [0.15, 0.2) is 65.2 Å². The number of aryl methyl sites for hydroxylation is 1. The molecule has 4 aromatic rings. The van der Waals surface area contributed by atoms with E-state index in [1.807, 2.05) is 25.1 Å². The predicted octanol–water partition coefficient (Wildman–Crippen LogP) is 4.91. The average molecular weight is 510 g/mol. The molecule has 1 aromatic heterocycles. The van der Waals surface area contributed by atoms with Crippen LogP contribution in [0.1, 0.15) is 45.0 Å². The Hall–Kier alpha value is -4.85. The van der Waals surface area contributed by atoms with Gasteiger partial charge < -0.3 is 23.9 Å². The number of Topliss-reactive ketones (excluding diaryl/α,β-unsaturated/α-hetero) is 1. The van der Waals surface area contributed by atoms with Gasteiger partial charge in [0.2, 0.25) is 5.78 Å². The maximum absolute atomic E-state index is 13.4. The van der Waals surface area contributed by atoms with Crippen molar-refractivity contribution in [2.75, 3.05) is 14.2 Å². The third-order valence-electron chi connectivity index (χ3n) is 6.91. The lowest BCUT2D eigenvalue weighted by molar-refractivity contribution is -0.135. The Morgan fingerprint density at radius 2 is 1.82 bits per heavy atom. The average Bonchev–Trinajstić information content (AvgIpc) is 3.22. The summed E-state index contributed by atoms with van der Waals surface area (Å²) in [6, 6.07) is 16.0. The minimum Gasteiger partial charge on any atom is -0.493 e. The molecule has 1 atom stereocenters. The Balaban J connectivity index is 1.49. The fourth-order valence-corrected chi connectivity index (χ4v) is 5.13. The molecular weight excluding hydrogens is 486 g/mol. The van der Waals surface area contributed by atoms with Gasteiger partial charge in [-0.25, -0.2) is 0 Å². The summed E-state index contributed by atoms with van der Waals surface area (Å²) in [5.41, 5.74) is 3.23. The molecule has 0 aliphatic carbocycles.